The number of rotatable bonds is 4. The van der Waals surface area contributed by atoms with E-state index in [0.29, 0.717) is 5.56 Å². The van der Waals surface area contributed by atoms with Gasteiger partial charge in [0.1, 0.15) is 5.82 Å². The van der Waals surface area contributed by atoms with Gasteiger partial charge in [0, 0.05) is 57.7 Å². The molecule has 0 saturated carbocycles. The molecule has 1 saturated heterocycles. The predicted octanol–water partition coefficient (Wildman–Crippen LogP) is 1.75. The lowest BCUT2D eigenvalue weighted by Gasteiger charge is -2.34. The molecule has 3 aromatic rings. The highest BCUT2D eigenvalue weighted by atomic mass is 16.2. The molecule has 26 heavy (non-hydrogen) atoms. The average Bonchev–Trinajstić information content (AvgIpc) is 3.28. The highest BCUT2D eigenvalue weighted by molar-refractivity contribution is 5.97. The average molecular weight is 352 g/mol. The highest BCUT2D eigenvalue weighted by Crippen LogP contribution is 2.17. The van der Waals surface area contributed by atoms with Crippen molar-refractivity contribution in [2.75, 3.05) is 26.2 Å². The maximum atomic E-state index is 12.8. The lowest BCUT2D eigenvalue weighted by Crippen LogP contribution is -2.48. The van der Waals surface area contributed by atoms with Crippen LogP contribution in [0.1, 0.15) is 23.1 Å². The maximum Gasteiger partial charge on any atom is 0.254 e. The van der Waals surface area contributed by atoms with Gasteiger partial charge in [0.25, 0.3) is 5.91 Å². The Morgan fingerprint density at radius 1 is 1.15 bits per heavy atom. The number of aryl methyl sites for hydroxylation is 2. The molecule has 0 N–H and O–H groups in total. The summed E-state index contributed by atoms with van der Waals surface area (Å²) in [5, 5.41) is 0. The SMILES string of the molecule is CCn1ccnc1CN1CCN(C(=O)c2ccc3c(c2)ncn3C)CC1. The first-order valence-corrected chi connectivity index (χ1v) is 9.08. The predicted molar refractivity (Wildman–Crippen MR) is 99.8 cm³/mol. The summed E-state index contributed by atoms with van der Waals surface area (Å²) in [4.78, 5) is 25.9. The van der Waals surface area contributed by atoms with Gasteiger partial charge in [0.15, 0.2) is 0 Å². The Hall–Kier alpha value is -2.67. The first kappa shape index (κ1) is 16.8. The lowest BCUT2D eigenvalue weighted by molar-refractivity contribution is 0.0624. The fraction of sp³-hybridized carbons (Fsp3) is 0.421. The van der Waals surface area contributed by atoms with Crippen LogP contribution in [-0.4, -0.2) is 61.0 Å². The number of fused-ring (bicyclic) bond motifs is 1. The number of aromatic nitrogens is 4. The Kier molecular flexibility index (Phi) is 4.46. The van der Waals surface area contributed by atoms with Crippen molar-refractivity contribution < 1.29 is 4.79 Å². The summed E-state index contributed by atoms with van der Waals surface area (Å²) >= 11 is 0. The van der Waals surface area contributed by atoms with Crippen molar-refractivity contribution in [2.45, 2.75) is 20.0 Å². The second-order valence-electron chi connectivity index (χ2n) is 6.76. The molecule has 2 aromatic heterocycles. The van der Waals surface area contributed by atoms with Crippen molar-refractivity contribution in [1.82, 2.24) is 28.9 Å². The van der Waals surface area contributed by atoms with Crippen molar-refractivity contribution >= 4 is 16.9 Å². The van der Waals surface area contributed by atoms with Gasteiger partial charge in [-0.05, 0) is 25.1 Å². The number of imidazole rings is 2. The van der Waals surface area contributed by atoms with Crippen LogP contribution in [0.25, 0.3) is 11.0 Å². The smallest absolute Gasteiger partial charge is 0.254 e. The van der Waals surface area contributed by atoms with Crippen LogP contribution in [0.2, 0.25) is 0 Å². The quantitative estimate of drug-likeness (QED) is 0.718. The molecule has 1 aliphatic heterocycles. The van der Waals surface area contributed by atoms with E-state index in [2.05, 4.69) is 26.4 Å². The molecule has 0 unspecified atom stereocenters. The zero-order valence-electron chi connectivity index (χ0n) is 15.3. The summed E-state index contributed by atoms with van der Waals surface area (Å²) < 4.78 is 4.13. The zero-order chi connectivity index (χ0) is 18.1. The number of nitrogens with zero attached hydrogens (tertiary/aromatic N) is 6. The van der Waals surface area contributed by atoms with E-state index in [9.17, 15) is 4.79 Å². The van der Waals surface area contributed by atoms with E-state index in [1.54, 1.807) is 6.33 Å². The van der Waals surface area contributed by atoms with Crippen LogP contribution in [0.4, 0.5) is 0 Å². The third-order valence-corrected chi connectivity index (χ3v) is 5.14. The van der Waals surface area contributed by atoms with E-state index >= 15 is 0 Å². The molecule has 1 fully saturated rings. The molecule has 0 atom stereocenters. The first-order valence-electron chi connectivity index (χ1n) is 9.08. The molecular weight excluding hydrogens is 328 g/mol. The Bertz CT molecular complexity index is 919. The summed E-state index contributed by atoms with van der Waals surface area (Å²) in [7, 11) is 1.96. The number of carbonyl (C=O) groups is 1. The van der Waals surface area contributed by atoms with Crippen molar-refractivity contribution in [3.05, 3.63) is 48.3 Å². The van der Waals surface area contributed by atoms with Gasteiger partial charge in [-0.15, -0.1) is 0 Å². The van der Waals surface area contributed by atoms with E-state index in [0.717, 1.165) is 56.1 Å². The van der Waals surface area contributed by atoms with Crippen LogP contribution in [-0.2, 0) is 20.1 Å². The third kappa shape index (κ3) is 3.10. The molecule has 136 valence electrons. The van der Waals surface area contributed by atoms with Gasteiger partial charge in [-0.3, -0.25) is 9.69 Å². The number of piperazine rings is 1. The van der Waals surface area contributed by atoms with E-state index in [1.165, 1.54) is 0 Å². The number of hydrogen-bond donors (Lipinski definition) is 0. The molecule has 0 spiro atoms. The molecule has 7 nitrogen and oxygen atoms in total. The standard InChI is InChI=1S/C19H24N6O/c1-3-24-7-6-20-18(24)13-23-8-10-25(11-9-23)19(26)15-4-5-17-16(12-15)21-14-22(17)2/h4-7,12,14H,3,8-11,13H2,1-2H3. The van der Waals surface area contributed by atoms with Crippen LogP contribution in [0.3, 0.4) is 0 Å². The molecule has 7 heteroatoms. The van der Waals surface area contributed by atoms with Gasteiger partial charge in [-0.1, -0.05) is 0 Å². The van der Waals surface area contributed by atoms with Gasteiger partial charge in [-0.25, -0.2) is 9.97 Å². The molecule has 0 radical (unpaired) electrons. The molecule has 1 aliphatic rings. The second-order valence-corrected chi connectivity index (χ2v) is 6.76. The highest BCUT2D eigenvalue weighted by Gasteiger charge is 2.23. The van der Waals surface area contributed by atoms with Gasteiger partial charge in [0.2, 0.25) is 0 Å². The Labute approximate surface area is 152 Å². The second kappa shape index (κ2) is 6.92. The lowest BCUT2D eigenvalue weighted by atomic mass is 10.1. The Morgan fingerprint density at radius 3 is 2.73 bits per heavy atom. The zero-order valence-corrected chi connectivity index (χ0v) is 15.3. The van der Waals surface area contributed by atoms with Gasteiger partial charge in [0.05, 0.1) is 23.9 Å². The fourth-order valence-corrected chi connectivity index (χ4v) is 3.54. The normalized spacial score (nSPS) is 15.7. The third-order valence-electron chi connectivity index (χ3n) is 5.14. The Morgan fingerprint density at radius 2 is 1.96 bits per heavy atom. The molecule has 4 rings (SSSR count). The van der Waals surface area contributed by atoms with Crippen LogP contribution in [0.15, 0.2) is 36.9 Å². The van der Waals surface area contributed by atoms with Crippen LogP contribution in [0, 0.1) is 0 Å². The summed E-state index contributed by atoms with van der Waals surface area (Å²) in [5.41, 5.74) is 2.62. The van der Waals surface area contributed by atoms with Crippen molar-refractivity contribution in [2.24, 2.45) is 7.05 Å². The summed E-state index contributed by atoms with van der Waals surface area (Å²) in [6, 6.07) is 5.76. The topological polar surface area (TPSA) is 59.2 Å². The van der Waals surface area contributed by atoms with Crippen molar-refractivity contribution in [3.63, 3.8) is 0 Å². The summed E-state index contributed by atoms with van der Waals surface area (Å²) in [6.45, 7) is 7.12. The fourth-order valence-electron chi connectivity index (χ4n) is 3.54. The van der Waals surface area contributed by atoms with Crippen LogP contribution in [0.5, 0.6) is 0 Å². The minimum atomic E-state index is 0.0901. The number of hydrogen-bond acceptors (Lipinski definition) is 4. The van der Waals surface area contributed by atoms with E-state index < -0.39 is 0 Å². The summed E-state index contributed by atoms with van der Waals surface area (Å²) in [5.74, 6) is 1.18. The minimum Gasteiger partial charge on any atom is -0.336 e. The number of amides is 1. The van der Waals surface area contributed by atoms with Crippen LogP contribution >= 0.6 is 0 Å². The van der Waals surface area contributed by atoms with E-state index in [-0.39, 0.29) is 5.91 Å². The monoisotopic (exact) mass is 352 g/mol. The largest absolute Gasteiger partial charge is 0.336 e. The summed E-state index contributed by atoms with van der Waals surface area (Å²) in [6.07, 6.45) is 5.65. The molecular formula is C19H24N6O. The van der Waals surface area contributed by atoms with Gasteiger partial charge < -0.3 is 14.0 Å². The Balaban J connectivity index is 1.39. The van der Waals surface area contributed by atoms with Crippen molar-refractivity contribution in [3.8, 4) is 0 Å². The van der Waals surface area contributed by atoms with Gasteiger partial charge in [-0.2, -0.15) is 0 Å². The molecule has 1 aromatic carbocycles. The van der Waals surface area contributed by atoms with Crippen molar-refractivity contribution in [1.29, 1.82) is 0 Å². The first-order chi connectivity index (χ1) is 12.7. The number of carbonyl (C=O) groups excluding carboxylic acids is 1. The molecule has 3 heterocycles. The minimum absolute atomic E-state index is 0.0901. The maximum absolute atomic E-state index is 12.8. The van der Waals surface area contributed by atoms with Crippen LogP contribution < -0.4 is 0 Å². The molecule has 1 amide bonds. The molecule has 0 aliphatic carbocycles. The van der Waals surface area contributed by atoms with Gasteiger partial charge >= 0.3 is 0 Å². The molecule has 0 bridgehead atoms. The number of benzene rings is 1. The van der Waals surface area contributed by atoms with E-state index in [1.807, 2.05) is 47.1 Å². The van der Waals surface area contributed by atoms with E-state index in [4.69, 9.17) is 0 Å².